The average Bonchev–Trinajstić information content (AvgIpc) is 2.97. The molecule has 0 aliphatic carbocycles. The summed E-state index contributed by atoms with van der Waals surface area (Å²) in [5.41, 5.74) is 3.35. The van der Waals surface area contributed by atoms with E-state index in [0.29, 0.717) is 6.42 Å². The van der Waals surface area contributed by atoms with Crippen LogP contribution in [0.3, 0.4) is 0 Å². The molecule has 1 aromatic carbocycles. The summed E-state index contributed by atoms with van der Waals surface area (Å²) in [7, 11) is 0. The molecule has 102 valence electrons. The van der Waals surface area contributed by atoms with Gasteiger partial charge in [-0.2, -0.15) is 5.10 Å². The van der Waals surface area contributed by atoms with Crippen molar-refractivity contribution < 1.29 is 5.11 Å². The first kappa shape index (κ1) is 12.7. The van der Waals surface area contributed by atoms with Gasteiger partial charge in [-0.25, -0.2) is 9.67 Å². The van der Waals surface area contributed by atoms with E-state index in [9.17, 15) is 5.11 Å². The number of fused-ring (bicyclic) bond motifs is 1. The smallest absolute Gasteiger partial charge is 0.146 e. The SMILES string of the molecule is CCCC(O)n1cc(-c2cnc3ccccc3n2)cn1. The molecule has 3 aromatic rings. The largest absolute Gasteiger partial charge is 0.372 e. The topological polar surface area (TPSA) is 63.8 Å². The zero-order valence-corrected chi connectivity index (χ0v) is 11.3. The van der Waals surface area contributed by atoms with Gasteiger partial charge in [-0.15, -0.1) is 0 Å². The second-order valence-electron chi connectivity index (χ2n) is 4.72. The zero-order chi connectivity index (χ0) is 13.9. The standard InChI is InChI=1S/C15H16N4O/c1-2-5-15(20)19-10-11(8-17-19)14-9-16-12-6-3-4-7-13(12)18-14/h3-4,6-10,15,20H,2,5H2,1H3. The predicted molar refractivity (Wildman–Crippen MR) is 76.9 cm³/mol. The Morgan fingerprint density at radius 1 is 1.20 bits per heavy atom. The molecule has 3 rings (SSSR count). The Labute approximate surface area is 116 Å². The van der Waals surface area contributed by atoms with Crippen LogP contribution in [0.15, 0.2) is 42.9 Å². The molecule has 1 unspecified atom stereocenters. The Balaban J connectivity index is 1.94. The van der Waals surface area contributed by atoms with E-state index >= 15 is 0 Å². The van der Waals surface area contributed by atoms with E-state index < -0.39 is 6.23 Å². The summed E-state index contributed by atoms with van der Waals surface area (Å²) in [5.74, 6) is 0. The molecule has 0 saturated carbocycles. The lowest BCUT2D eigenvalue weighted by Crippen LogP contribution is -2.07. The first-order chi connectivity index (χ1) is 9.78. The van der Waals surface area contributed by atoms with Crippen LogP contribution in [0.4, 0.5) is 0 Å². The van der Waals surface area contributed by atoms with Gasteiger partial charge < -0.3 is 5.11 Å². The molecule has 0 saturated heterocycles. The maximum atomic E-state index is 9.92. The van der Waals surface area contributed by atoms with Crippen molar-refractivity contribution in [3.05, 3.63) is 42.9 Å². The first-order valence-corrected chi connectivity index (χ1v) is 6.72. The fraction of sp³-hybridized carbons (Fsp3) is 0.267. The predicted octanol–water partition coefficient (Wildman–Crippen LogP) is 2.78. The molecule has 0 bridgehead atoms. The Morgan fingerprint density at radius 3 is 2.80 bits per heavy atom. The van der Waals surface area contributed by atoms with Crippen LogP contribution in [0.2, 0.25) is 0 Å². The number of hydrogen-bond acceptors (Lipinski definition) is 4. The molecular formula is C15H16N4O. The van der Waals surface area contributed by atoms with Crippen molar-refractivity contribution in [3.63, 3.8) is 0 Å². The molecule has 0 aliphatic heterocycles. The number of aromatic nitrogens is 4. The maximum absolute atomic E-state index is 9.92. The van der Waals surface area contributed by atoms with Gasteiger partial charge in [-0.05, 0) is 18.6 Å². The summed E-state index contributed by atoms with van der Waals surface area (Å²) < 4.78 is 1.57. The molecule has 5 heteroatoms. The van der Waals surface area contributed by atoms with Gasteiger partial charge in [0.25, 0.3) is 0 Å². The van der Waals surface area contributed by atoms with Gasteiger partial charge in [0.05, 0.1) is 29.1 Å². The number of aliphatic hydroxyl groups excluding tert-OH is 1. The van der Waals surface area contributed by atoms with E-state index in [1.165, 1.54) is 0 Å². The van der Waals surface area contributed by atoms with Gasteiger partial charge in [0.2, 0.25) is 0 Å². The molecule has 1 atom stereocenters. The minimum absolute atomic E-state index is 0.581. The summed E-state index contributed by atoms with van der Waals surface area (Å²) in [5, 5.41) is 14.1. The molecule has 0 fully saturated rings. The summed E-state index contributed by atoms with van der Waals surface area (Å²) in [6, 6.07) is 7.74. The zero-order valence-electron chi connectivity index (χ0n) is 11.3. The lowest BCUT2D eigenvalue weighted by molar-refractivity contribution is 0.0808. The van der Waals surface area contributed by atoms with Crippen LogP contribution in [0.1, 0.15) is 26.0 Å². The second-order valence-corrected chi connectivity index (χ2v) is 4.72. The van der Waals surface area contributed by atoms with Crippen LogP contribution in [-0.4, -0.2) is 24.9 Å². The number of nitrogens with zero attached hydrogens (tertiary/aromatic N) is 4. The molecule has 2 heterocycles. The summed E-state index contributed by atoms with van der Waals surface area (Å²) >= 11 is 0. The summed E-state index contributed by atoms with van der Waals surface area (Å²) in [6.45, 7) is 2.03. The highest BCUT2D eigenvalue weighted by molar-refractivity contribution is 5.76. The van der Waals surface area contributed by atoms with Gasteiger partial charge in [-0.1, -0.05) is 25.5 Å². The minimum atomic E-state index is -0.581. The van der Waals surface area contributed by atoms with Crippen molar-refractivity contribution >= 4 is 11.0 Å². The van der Waals surface area contributed by atoms with Crippen molar-refractivity contribution in [1.82, 2.24) is 19.7 Å². The monoisotopic (exact) mass is 268 g/mol. The Bertz CT molecular complexity index is 722. The number of para-hydroxylation sites is 2. The molecule has 5 nitrogen and oxygen atoms in total. The van der Waals surface area contributed by atoms with Crippen LogP contribution in [-0.2, 0) is 0 Å². The fourth-order valence-corrected chi connectivity index (χ4v) is 2.12. The molecule has 0 aliphatic rings. The second kappa shape index (κ2) is 5.38. The molecule has 0 spiro atoms. The quantitative estimate of drug-likeness (QED) is 0.790. The highest BCUT2D eigenvalue weighted by Crippen LogP contribution is 2.20. The van der Waals surface area contributed by atoms with Gasteiger partial charge in [0.1, 0.15) is 6.23 Å². The van der Waals surface area contributed by atoms with Crippen molar-refractivity contribution in [2.24, 2.45) is 0 Å². The third-order valence-corrected chi connectivity index (χ3v) is 3.20. The molecular weight excluding hydrogens is 252 g/mol. The highest BCUT2D eigenvalue weighted by Gasteiger charge is 2.09. The highest BCUT2D eigenvalue weighted by atomic mass is 16.3. The van der Waals surface area contributed by atoms with E-state index in [0.717, 1.165) is 28.7 Å². The summed E-state index contributed by atoms with van der Waals surface area (Å²) in [6.07, 6.45) is 6.26. The molecule has 0 amide bonds. The maximum Gasteiger partial charge on any atom is 0.146 e. The van der Waals surface area contributed by atoms with Crippen LogP contribution < -0.4 is 0 Å². The molecule has 0 radical (unpaired) electrons. The van der Waals surface area contributed by atoms with E-state index in [-0.39, 0.29) is 0 Å². The van der Waals surface area contributed by atoms with Crippen molar-refractivity contribution in [1.29, 1.82) is 0 Å². The third kappa shape index (κ3) is 2.40. The third-order valence-electron chi connectivity index (χ3n) is 3.20. The average molecular weight is 268 g/mol. The first-order valence-electron chi connectivity index (χ1n) is 6.72. The van der Waals surface area contributed by atoms with Gasteiger partial charge >= 0.3 is 0 Å². The van der Waals surface area contributed by atoms with Crippen molar-refractivity contribution in [2.75, 3.05) is 0 Å². The van der Waals surface area contributed by atoms with E-state index in [2.05, 4.69) is 15.1 Å². The molecule has 20 heavy (non-hydrogen) atoms. The van der Waals surface area contributed by atoms with Crippen molar-refractivity contribution in [2.45, 2.75) is 26.0 Å². The number of rotatable bonds is 4. The minimum Gasteiger partial charge on any atom is -0.372 e. The Morgan fingerprint density at radius 2 is 2.00 bits per heavy atom. The lowest BCUT2D eigenvalue weighted by atomic mass is 10.2. The van der Waals surface area contributed by atoms with Crippen LogP contribution >= 0.6 is 0 Å². The summed E-state index contributed by atoms with van der Waals surface area (Å²) in [4.78, 5) is 8.95. The van der Waals surface area contributed by atoms with Crippen molar-refractivity contribution in [3.8, 4) is 11.3 Å². The van der Waals surface area contributed by atoms with Crippen LogP contribution in [0.25, 0.3) is 22.3 Å². The van der Waals surface area contributed by atoms with Gasteiger partial charge in [-0.3, -0.25) is 4.98 Å². The van der Waals surface area contributed by atoms with E-state index in [1.54, 1.807) is 23.3 Å². The van der Waals surface area contributed by atoms with Crippen LogP contribution in [0, 0.1) is 0 Å². The molecule has 2 aromatic heterocycles. The Kier molecular flexibility index (Phi) is 3.43. The normalized spacial score (nSPS) is 12.7. The van der Waals surface area contributed by atoms with E-state index in [4.69, 9.17) is 0 Å². The number of hydrogen-bond donors (Lipinski definition) is 1. The van der Waals surface area contributed by atoms with Crippen LogP contribution in [0.5, 0.6) is 0 Å². The Hall–Kier alpha value is -2.27. The molecule has 1 N–H and O–H groups in total. The number of aliphatic hydroxyl groups is 1. The van der Waals surface area contributed by atoms with E-state index in [1.807, 2.05) is 31.2 Å². The van der Waals surface area contributed by atoms with Gasteiger partial charge in [0, 0.05) is 11.8 Å². The fourth-order valence-electron chi connectivity index (χ4n) is 2.12. The van der Waals surface area contributed by atoms with Gasteiger partial charge in [0.15, 0.2) is 0 Å². The number of benzene rings is 1. The lowest BCUT2D eigenvalue weighted by Gasteiger charge is -2.08.